The fraction of sp³-hybridized carbons (Fsp3) is 0.357. The minimum absolute atomic E-state index is 0.0957. The maximum absolute atomic E-state index is 12.1. The standard InChI is InChI=1S/C14H17N5O/c15-14(5-2-6-14)13(20)18-12-4-1-3-11(7-12)8-19-10-16-9-17-19/h1,3-4,7,9-10H,2,5-6,8,15H2,(H,18,20). The maximum Gasteiger partial charge on any atom is 0.244 e. The Morgan fingerprint density at radius 1 is 1.45 bits per heavy atom. The molecule has 6 nitrogen and oxygen atoms in total. The minimum atomic E-state index is -0.679. The Bertz CT molecular complexity index is 604. The van der Waals surface area contributed by atoms with Crippen molar-refractivity contribution in [3.8, 4) is 0 Å². The van der Waals surface area contributed by atoms with Crippen molar-refractivity contribution < 1.29 is 4.79 Å². The van der Waals surface area contributed by atoms with Crippen LogP contribution in [-0.2, 0) is 11.3 Å². The summed E-state index contributed by atoms with van der Waals surface area (Å²) in [7, 11) is 0. The lowest BCUT2D eigenvalue weighted by Crippen LogP contribution is -2.56. The number of carbonyl (C=O) groups excluding carboxylic acids is 1. The van der Waals surface area contributed by atoms with E-state index in [0.29, 0.717) is 6.54 Å². The molecule has 0 atom stereocenters. The zero-order valence-electron chi connectivity index (χ0n) is 11.1. The Morgan fingerprint density at radius 3 is 2.95 bits per heavy atom. The second-order valence-electron chi connectivity index (χ2n) is 5.26. The molecule has 1 aromatic heterocycles. The Morgan fingerprint density at radius 2 is 2.30 bits per heavy atom. The fourth-order valence-corrected chi connectivity index (χ4v) is 2.29. The molecule has 20 heavy (non-hydrogen) atoms. The quantitative estimate of drug-likeness (QED) is 0.873. The summed E-state index contributed by atoms with van der Waals surface area (Å²) >= 11 is 0. The van der Waals surface area contributed by atoms with Crippen molar-refractivity contribution in [1.29, 1.82) is 0 Å². The summed E-state index contributed by atoms with van der Waals surface area (Å²) in [6.07, 6.45) is 5.71. The molecule has 0 unspecified atom stereocenters. The molecule has 0 spiro atoms. The molecule has 3 rings (SSSR count). The van der Waals surface area contributed by atoms with Gasteiger partial charge in [-0.15, -0.1) is 0 Å². The van der Waals surface area contributed by atoms with Gasteiger partial charge in [-0.2, -0.15) is 5.10 Å². The van der Waals surface area contributed by atoms with E-state index in [1.165, 1.54) is 6.33 Å². The summed E-state index contributed by atoms with van der Waals surface area (Å²) in [6.45, 7) is 0.622. The monoisotopic (exact) mass is 271 g/mol. The highest BCUT2D eigenvalue weighted by Crippen LogP contribution is 2.30. The van der Waals surface area contributed by atoms with Gasteiger partial charge in [0.05, 0.1) is 12.1 Å². The van der Waals surface area contributed by atoms with Crippen LogP contribution in [0, 0.1) is 0 Å². The van der Waals surface area contributed by atoms with Crippen molar-refractivity contribution in [1.82, 2.24) is 14.8 Å². The van der Waals surface area contributed by atoms with E-state index >= 15 is 0 Å². The van der Waals surface area contributed by atoms with Gasteiger partial charge in [0.1, 0.15) is 12.7 Å². The van der Waals surface area contributed by atoms with E-state index in [1.54, 1.807) is 11.0 Å². The molecular formula is C14H17N5O. The smallest absolute Gasteiger partial charge is 0.244 e. The molecule has 0 bridgehead atoms. The number of anilines is 1. The Hall–Kier alpha value is -2.21. The third-order valence-electron chi connectivity index (χ3n) is 3.69. The predicted molar refractivity (Wildman–Crippen MR) is 75.0 cm³/mol. The summed E-state index contributed by atoms with van der Waals surface area (Å²) in [5.74, 6) is -0.0957. The van der Waals surface area contributed by atoms with Crippen LogP contribution in [0.15, 0.2) is 36.9 Å². The number of carbonyl (C=O) groups is 1. The third kappa shape index (κ3) is 2.55. The number of hydrogen-bond acceptors (Lipinski definition) is 4. The summed E-state index contributed by atoms with van der Waals surface area (Å²) in [6, 6.07) is 7.69. The predicted octanol–water partition coefficient (Wildman–Crippen LogP) is 1.15. The first-order valence-corrected chi connectivity index (χ1v) is 6.67. The number of hydrogen-bond donors (Lipinski definition) is 2. The molecule has 3 N–H and O–H groups in total. The molecule has 0 radical (unpaired) electrons. The first-order chi connectivity index (χ1) is 9.66. The highest BCUT2D eigenvalue weighted by molar-refractivity contribution is 5.98. The van der Waals surface area contributed by atoms with E-state index in [-0.39, 0.29) is 5.91 Å². The number of nitrogens with two attached hydrogens (primary N) is 1. The molecule has 2 aromatic rings. The summed E-state index contributed by atoms with van der Waals surface area (Å²) in [4.78, 5) is 16.0. The SMILES string of the molecule is NC1(C(=O)Nc2cccc(Cn3cncn3)c2)CCC1. The highest BCUT2D eigenvalue weighted by atomic mass is 16.2. The van der Waals surface area contributed by atoms with Crippen molar-refractivity contribution in [2.45, 2.75) is 31.3 Å². The van der Waals surface area contributed by atoms with Gasteiger partial charge in [-0.1, -0.05) is 12.1 Å². The zero-order chi connectivity index (χ0) is 14.0. The van der Waals surface area contributed by atoms with E-state index in [0.717, 1.165) is 30.5 Å². The lowest BCUT2D eigenvalue weighted by atomic mass is 9.77. The van der Waals surface area contributed by atoms with Crippen LogP contribution in [0.2, 0.25) is 0 Å². The van der Waals surface area contributed by atoms with Gasteiger partial charge in [0, 0.05) is 5.69 Å². The van der Waals surface area contributed by atoms with E-state index < -0.39 is 5.54 Å². The van der Waals surface area contributed by atoms with Gasteiger partial charge in [-0.25, -0.2) is 9.67 Å². The number of benzene rings is 1. The van der Waals surface area contributed by atoms with Crippen LogP contribution >= 0.6 is 0 Å². The molecular weight excluding hydrogens is 254 g/mol. The Kier molecular flexibility index (Phi) is 3.23. The highest BCUT2D eigenvalue weighted by Gasteiger charge is 2.40. The van der Waals surface area contributed by atoms with Gasteiger partial charge in [0.15, 0.2) is 0 Å². The first kappa shape index (κ1) is 12.8. The van der Waals surface area contributed by atoms with Crippen LogP contribution in [0.3, 0.4) is 0 Å². The van der Waals surface area contributed by atoms with Gasteiger partial charge in [-0.05, 0) is 37.0 Å². The fourth-order valence-electron chi connectivity index (χ4n) is 2.29. The van der Waals surface area contributed by atoms with Crippen LogP contribution in [0.1, 0.15) is 24.8 Å². The number of rotatable bonds is 4. The van der Waals surface area contributed by atoms with E-state index in [2.05, 4.69) is 15.4 Å². The average Bonchev–Trinajstić information content (AvgIpc) is 2.89. The molecule has 1 aliphatic carbocycles. The van der Waals surface area contributed by atoms with Crippen molar-refractivity contribution in [2.24, 2.45) is 5.73 Å². The third-order valence-corrected chi connectivity index (χ3v) is 3.69. The molecule has 1 aliphatic rings. The van der Waals surface area contributed by atoms with Crippen molar-refractivity contribution >= 4 is 11.6 Å². The van der Waals surface area contributed by atoms with Crippen molar-refractivity contribution in [3.05, 3.63) is 42.5 Å². The van der Waals surface area contributed by atoms with Crippen LogP contribution in [-0.4, -0.2) is 26.2 Å². The maximum atomic E-state index is 12.1. The normalized spacial score (nSPS) is 16.4. The molecule has 0 aliphatic heterocycles. The van der Waals surface area contributed by atoms with Crippen molar-refractivity contribution in [3.63, 3.8) is 0 Å². The second kappa shape index (κ2) is 5.05. The largest absolute Gasteiger partial charge is 0.324 e. The average molecular weight is 271 g/mol. The number of nitrogens with zero attached hydrogens (tertiary/aromatic N) is 3. The van der Waals surface area contributed by atoms with E-state index in [9.17, 15) is 4.79 Å². The molecule has 1 aromatic carbocycles. The molecule has 1 fully saturated rings. The molecule has 104 valence electrons. The van der Waals surface area contributed by atoms with Crippen LogP contribution in [0.5, 0.6) is 0 Å². The van der Waals surface area contributed by atoms with E-state index in [1.807, 2.05) is 24.3 Å². The van der Waals surface area contributed by atoms with Gasteiger partial charge in [-0.3, -0.25) is 4.79 Å². The first-order valence-electron chi connectivity index (χ1n) is 6.67. The van der Waals surface area contributed by atoms with Gasteiger partial charge < -0.3 is 11.1 Å². The number of aromatic nitrogens is 3. The number of amides is 1. The molecule has 1 saturated carbocycles. The minimum Gasteiger partial charge on any atom is -0.324 e. The van der Waals surface area contributed by atoms with Gasteiger partial charge >= 0.3 is 0 Å². The zero-order valence-corrected chi connectivity index (χ0v) is 11.1. The van der Waals surface area contributed by atoms with Gasteiger partial charge in [0.25, 0.3) is 0 Å². The summed E-state index contributed by atoms with van der Waals surface area (Å²) in [5.41, 5.74) is 7.15. The Balaban J connectivity index is 1.69. The van der Waals surface area contributed by atoms with Crippen LogP contribution < -0.4 is 11.1 Å². The lowest BCUT2D eigenvalue weighted by Gasteiger charge is -2.36. The molecule has 0 saturated heterocycles. The second-order valence-corrected chi connectivity index (χ2v) is 5.26. The summed E-state index contributed by atoms with van der Waals surface area (Å²) in [5, 5.41) is 6.96. The van der Waals surface area contributed by atoms with Crippen molar-refractivity contribution in [2.75, 3.05) is 5.32 Å². The topological polar surface area (TPSA) is 85.8 Å². The number of nitrogens with one attached hydrogen (secondary N) is 1. The van der Waals surface area contributed by atoms with E-state index in [4.69, 9.17) is 5.73 Å². The molecule has 1 heterocycles. The summed E-state index contributed by atoms with van der Waals surface area (Å²) < 4.78 is 1.73. The lowest BCUT2D eigenvalue weighted by molar-refractivity contribution is -0.123. The Labute approximate surface area is 117 Å². The molecule has 6 heteroatoms. The van der Waals surface area contributed by atoms with Crippen LogP contribution in [0.25, 0.3) is 0 Å². The van der Waals surface area contributed by atoms with Crippen LogP contribution in [0.4, 0.5) is 5.69 Å². The van der Waals surface area contributed by atoms with Gasteiger partial charge in [0.2, 0.25) is 5.91 Å². The molecule has 1 amide bonds.